The minimum atomic E-state index is -0.517. The minimum Gasteiger partial charge on any atom is -0.452 e. The van der Waals surface area contributed by atoms with Crippen molar-refractivity contribution in [3.63, 3.8) is 0 Å². The highest BCUT2D eigenvalue weighted by atomic mass is 35.5. The van der Waals surface area contributed by atoms with Gasteiger partial charge in [0.05, 0.1) is 11.1 Å². The first-order valence-electron chi connectivity index (χ1n) is 8.63. The Morgan fingerprint density at radius 1 is 1.04 bits per heavy atom. The fraction of sp³-hybridized carbons (Fsp3) is 0.0435. The number of fused-ring (bicyclic) bond motifs is 1. The van der Waals surface area contributed by atoms with E-state index in [0.717, 1.165) is 11.1 Å². The van der Waals surface area contributed by atoms with Crippen molar-refractivity contribution in [1.82, 2.24) is 0 Å². The predicted octanol–water partition coefficient (Wildman–Crippen LogP) is 5.48. The number of allylic oxidation sites excluding steroid dienone is 1. The van der Waals surface area contributed by atoms with E-state index in [1.807, 2.05) is 31.2 Å². The van der Waals surface area contributed by atoms with Crippen LogP contribution in [0.1, 0.15) is 31.8 Å². The molecule has 0 saturated carbocycles. The van der Waals surface area contributed by atoms with Crippen LogP contribution < -0.4 is 9.47 Å². The Balaban J connectivity index is 1.56. The zero-order valence-corrected chi connectivity index (χ0v) is 15.7. The van der Waals surface area contributed by atoms with E-state index in [2.05, 4.69) is 0 Å². The van der Waals surface area contributed by atoms with Crippen molar-refractivity contribution >= 4 is 29.4 Å². The summed E-state index contributed by atoms with van der Waals surface area (Å²) in [7, 11) is 0. The van der Waals surface area contributed by atoms with Gasteiger partial charge >= 0.3 is 5.97 Å². The summed E-state index contributed by atoms with van der Waals surface area (Å²) in [6.45, 7) is 1.97. The molecule has 3 aromatic rings. The molecule has 1 aliphatic heterocycles. The molecule has 4 nitrogen and oxygen atoms in total. The number of hydrogen-bond donors (Lipinski definition) is 0. The maximum Gasteiger partial charge on any atom is 0.343 e. The molecule has 5 heteroatoms. The molecule has 0 spiro atoms. The molecule has 0 aliphatic carbocycles. The molecule has 0 fully saturated rings. The quantitative estimate of drug-likeness (QED) is 0.337. The standard InChI is InChI=1S/C23H15ClO4/c1-14-4-2-3-5-16(14)12-21-22(25)19-11-10-18(13-20(19)28-21)27-23(26)15-6-8-17(24)9-7-15/h2-13H,1H3/b21-12+. The van der Waals surface area contributed by atoms with Gasteiger partial charge in [0.2, 0.25) is 5.78 Å². The van der Waals surface area contributed by atoms with Gasteiger partial charge in [-0.2, -0.15) is 0 Å². The Bertz CT molecular complexity index is 1110. The molecule has 0 amide bonds. The van der Waals surface area contributed by atoms with Gasteiger partial charge in [-0.3, -0.25) is 4.79 Å². The Kier molecular flexibility index (Phi) is 4.72. The highest BCUT2D eigenvalue weighted by molar-refractivity contribution is 6.30. The van der Waals surface area contributed by atoms with Crippen molar-refractivity contribution in [2.75, 3.05) is 0 Å². The van der Waals surface area contributed by atoms with Crippen LogP contribution in [0.15, 0.2) is 72.5 Å². The van der Waals surface area contributed by atoms with Crippen molar-refractivity contribution in [2.24, 2.45) is 0 Å². The van der Waals surface area contributed by atoms with Crippen molar-refractivity contribution in [3.05, 3.63) is 99.8 Å². The Morgan fingerprint density at radius 3 is 2.54 bits per heavy atom. The van der Waals surface area contributed by atoms with Crippen LogP contribution in [0.3, 0.4) is 0 Å². The molecular weight excluding hydrogens is 376 g/mol. The number of carbonyl (C=O) groups is 2. The second kappa shape index (κ2) is 7.33. The summed E-state index contributed by atoms with van der Waals surface area (Å²) in [4.78, 5) is 24.8. The lowest BCUT2D eigenvalue weighted by Crippen LogP contribution is -2.08. The number of esters is 1. The zero-order chi connectivity index (χ0) is 19.7. The van der Waals surface area contributed by atoms with Gasteiger partial charge in [0.15, 0.2) is 5.76 Å². The third-order valence-corrected chi connectivity index (χ3v) is 4.66. The molecule has 0 unspecified atom stereocenters. The summed E-state index contributed by atoms with van der Waals surface area (Å²) in [5, 5.41) is 0.536. The Labute approximate surface area is 167 Å². The van der Waals surface area contributed by atoms with Crippen molar-refractivity contribution in [2.45, 2.75) is 6.92 Å². The molecular formula is C23H15ClO4. The van der Waals surface area contributed by atoms with Crippen LogP contribution in [0.4, 0.5) is 0 Å². The van der Waals surface area contributed by atoms with E-state index in [9.17, 15) is 9.59 Å². The van der Waals surface area contributed by atoms with Gasteiger partial charge in [0.1, 0.15) is 11.5 Å². The van der Waals surface area contributed by atoms with Gasteiger partial charge in [-0.05, 0) is 60.5 Å². The molecule has 0 radical (unpaired) electrons. The summed E-state index contributed by atoms with van der Waals surface area (Å²) < 4.78 is 11.1. The van der Waals surface area contributed by atoms with Gasteiger partial charge in [-0.15, -0.1) is 0 Å². The van der Waals surface area contributed by atoms with Gasteiger partial charge in [0.25, 0.3) is 0 Å². The van der Waals surface area contributed by atoms with E-state index in [-0.39, 0.29) is 11.5 Å². The highest BCUT2D eigenvalue weighted by Crippen LogP contribution is 2.35. The molecule has 1 heterocycles. The summed E-state index contributed by atoms with van der Waals surface area (Å²) in [6, 6.07) is 18.8. The molecule has 28 heavy (non-hydrogen) atoms. The molecule has 0 bridgehead atoms. The number of hydrogen-bond acceptors (Lipinski definition) is 4. The second-order valence-electron chi connectivity index (χ2n) is 6.35. The number of ketones is 1. The molecule has 1 aliphatic rings. The number of halogens is 1. The van der Waals surface area contributed by atoms with E-state index in [1.54, 1.807) is 48.5 Å². The van der Waals surface area contributed by atoms with Gasteiger partial charge in [-0.25, -0.2) is 4.79 Å². The normalized spacial score (nSPS) is 13.9. The number of aryl methyl sites for hydroxylation is 1. The Hall–Kier alpha value is -3.37. The Morgan fingerprint density at radius 2 is 1.79 bits per heavy atom. The smallest absolute Gasteiger partial charge is 0.343 e. The van der Waals surface area contributed by atoms with Crippen LogP contribution >= 0.6 is 11.6 Å². The average Bonchev–Trinajstić information content (AvgIpc) is 2.99. The first kappa shape index (κ1) is 18.0. The SMILES string of the molecule is Cc1ccccc1/C=C1/Oc2cc(OC(=O)c3ccc(Cl)cc3)ccc2C1=O. The van der Waals surface area contributed by atoms with Crippen molar-refractivity contribution < 1.29 is 19.1 Å². The van der Waals surface area contributed by atoms with E-state index in [4.69, 9.17) is 21.1 Å². The topological polar surface area (TPSA) is 52.6 Å². The minimum absolute atomic E-state index is 0.200. The molecule has 4 rings (SSSR count). The molecule has 3 aromatic carbocycles. The fourth-order valence-corrected chi connectivity index (χ4v) is 3.00. The molecule has 0 saturated heterocycles. The molecule has 0 atom stereocenters. The summed E-state index contributed by atoms with van der Waals surface area (Å²) in [5.74, 6) is 0.186. The van der Waals surface area contributed by atoms with Gasteiger partial charge in [-0.1, -0.05) is 35.9 Å². The first-order valence-corrected chi connectivity index (χ1v) is 9.01. The number of rotatable bonds is 3. The lowest BCUT2D eigenvalue weighted by molar-refractivity contribution is 0.0734. The van der Waals surface area contributed by atoms with E-state index >= 15 is 0 Å². The third-order valence-electron chi connectivity index (χ3n) is 4.41. The number of ether oxygens (including phenoxy) is 2. The number of carbonyl (C=O) groups excluding carboxylic acids is 2. The average molecular weight is 391 g/mol. The number of benzene rings is 3. The summed E-state index contributed by atoms with van der Waals surface area (Å²) in [6.07, 6.45) is 1.72. The van der Waals surface area contributed by atoms with Crippen molar-refractivity contribution in [1.29, 1.82) is 0 Å². The lowest BCUT2D eigenvalue weighted by atomic mass is 10.1. The summed E-state index contributed by atoms with van der Waals surface area (Å²) in [5.41, 5.74) is 2.76. The van der Waals surface area contributed by atoms with Crippen LogP contribution in [0.2, 0.25) is 5.02 Å². The zero-order valence-electron chi connectivity index (χ0n) is 14.9. The largest absolute Gasteiger partial charge is 0.452 e. The predicted molar refractivity (Wildman–Crippen MR) is 107 cm³/mol. The molecule has 138 valence electrons. The first-order chi connectivity index (χ1) is 13.5. The van der Waals surface area contributed by atoms with Crippen LogP contribution in [0.25, 0.3) is 6.08 Å². The van der Waals surface area contributed by atoms with Gasteiger partial charge in [0, 0.05) is 11.1 Å². The van der Waals surface area contributed by atoms with Crippen LogP contribution in [-0.2, 0) is 0 Å². The van der Waals surface area contributed by atoms with Crippen molar-refractivity contribution in [3.8, 4) is 11.5 Å². The molecule has 0 N–H and O–H groups in total. The number of Topliss-reactive ketones (excluding diaryl/α,β-unsaturated/α-hetero) is 1. The highest BCUT2D eigenvalue weighted by Gasteiger charge is 2.28. The molecule has 0 aromatic heterocycles. The van der Waals surface area contributed by atoms with E-state index in [1.165, 1.54) is 0 Å². The fourth-order valence-electron chi connectivity index (χ4n) is 2.87. The third kappa shape index (κ3) is 3.55. The van der Waals surface area contributed by atoms with Crippen LogP contribution in [-0.4, -0.2) is 11.8 Å². The van der Waals surface area contributed by atoms with E-state index in [0.29, 0.717) is 27.6 Å². The maximum atomic E-state index is 12.6. The summed E-state index contributed by atoms with van der Waals surface area (Å²) >= 11 is 5.83. The van der Waals surface area contributed by atoms with E-state index < -0.39 is 5.97 Å². The maximum absolute atomic E-state index is 12.6. The van der Waals surface area contributed by atoms with Gasteiger partial charge < -0.3 is 9.47 Å². The van der Waals surface area contributed by atoms with Crippen LogP contribution in [0, 0.1) is 6.92 Å². The monoisotopic (exact) mass is 390 g/mol. The second-order valence-corrected chi connectivity index (χ2v) is 6.79. The van der Waals surface area contributed by atoms with Crippen LogP contribution in [0.5, 0.6) is 11.5 Å². The lowest BCUT2D eigenvalue weighted by Gasteiger charge is -2.06.